The van der Waals surface area contributed by atoms with Crippen LogP contribution in [0, 0.1) is 12.8 Å². The minimum absolute atomic E-state index is 0.0301. The van der Waals surface area contributed by atoms with Crippen LogP contribution in [0.2, 0.25) is 0 Å². The number of anilines is 1. The van der Waals surface area contributed by atoms with E-state index in [0.29, 0.717) is 5.92 Å². The van der Waals surface area contributed by atoms with Gasteiger partial charge in [-0.15, -0.1) is 0 Å². The third-order valence-electron chi connectivity index (χ3n) is 4.71. The lowest BCUT2D eigenvalue weighted by molar-refractivity contribution is -0.122. The minimum atomic E-state index is 0.0301. The molecule has 2 aliphatic heterocycles. The number of aromatic nitrogens is 1. The van der Waals surface area contributed by atoms with Crippen LogP contribution in [0.1, 0.15) is 31.4 Å². The van der Waals surface area contributed by atoms with Crippen molar-refractivity contribution < 1.29 is 4.79 Å². The standard InChI is InChI=1S/C17H26N4O/c1-13-10-15(6-8-18-13)21-9-3-4-14(12-21)11-20-17(22)16-5-2-7-19-16/h6,8,10,14,16,19H,2-5,7,9,11-12H2,1H3,(H,20,22). The van der Waals surface area contributed by atoms with E-state index >= 15 is 0 Å². The van der Waals surface area contributed by atoms with E-state index in [4.69, 9.17) is 0 Å². The topological polar surface area (TPSA) is 57.3 Å². The molecule has 120 valence electrons. The number of carbonyl (C=O) groups is 1. The number of nitrogens with one attached hydrogen (secondary N) is 2. The second-order valence-electron chi connectivity index (χ2n) is 6.50. The SMILES string of the molecule is Cc1cc(N2CCCC(CNC(=O)C3CCCN3)C2)ccn1. The number of piperidine rings is 1. The number of rotatable bonds is 4. The number of hydrogen-bond donors (Lipinski definition) is 2. The summed E-state index contributed by atoms with van der Waals surface area (Å²) in [5.74, 6) is 0.710. The Labute approximate surface area is 132 Å². The maximum atomic E-state index is 12.1. The molecule has 5 nitrogen and oxygen atoms in total. The van der Waals surface area contributed by atoms with Gasteiger partial charge in [0, 0.05) is 37.2 Å². The van der Waals surface area contributed by atoms with E-state index in [1.807, 2.05) is 13.1 Å². The summed E-state index contributed by atoms with van der Waals surface area (Å²) in [5, 5.41) is 6.39. The van der Waals surface area contributed by atoms with Crippen LogP contribution in [-0.2, 0) is 4.79 Å². The van der Waals surface area contributed by atoms with E-state index in [1.165, 1.54) is 18.5 Å². The van der Waals surface area contributed by atoms with Gasteiger partial charge in [0.15, 0.2) is 0 Å². The molecule has 1 amide bonds. The lowest BCUT2D eigenvalue weighted by Gasteiger charge is -2.34. The normalized spacial score (nSPS) is 25.2. The Hall–Kier alpha value is -1.62. The molecule has 2 aliphatic rings. The van der Waals surface area contributed by atoms with Crippen molar-refractivity contribution in [3.05, 3.63) is 24.0 Å². The summed E-state index contributed by atoms with van der Waals surface area (Å²) in [6, 6.07) is 4.25. The Bertz CT molecular complexity index is 513. The van der Waals surface area contributed by atoms with Crippen molar-refractivity contribution in [2.24, 2.45) is 5.92 Å². The largest absolute Gasteiger partial charge is 0.371 e. The summed E-state index contributed by atoms with van der Waals surface area (Å²) in [5.41, 5.74) is 2.31. The molecule has 0 spiro atoms. The number of carbonyl (C=O) groups excluding carboxylic acids is 1. The average Bonchev–Trinajstić information content (AvgIpc) is 3.07. The number of amides is 1. The summed E-state index contributed by atoms with van der Waals surface area (Å²) >= 11 is 0. The van der Waals surface area contributed by atoms with Gasteiger partial charge in [-0.2, -0.15) is 0 Å². The molecule has 0 bridgehead atoms. The van der Waals surface area contributed by atoms with Crippen LogP contribution >= 0.6 is 0 Å². The molecule has 2 unspecified atom stereocenters. The van der Waals surface area contributed by atoms with Gasteiger partial charge in [-0.25, -0.2) is 0 Å². The Morgan fingerprint density at radius 2 is 2.36 bits per heavy atom. The van der Waals surface area contributed by atoms with Gasteiger partial charge in [-0.3, -0.25) is 9.78 Å². The summed E-state index contributed by atoms with van der Waals surface area (Å²) in [6.45, 7) is 5.90. The smallest absolute Gasteiger partial charge is 0.237 e. The van der Waals surface area contributed by atoms with Gasteiger partial charge < -0.3 is 15.5 Å². The molecule has 0 radical (unpaired) electrons. The maximum absolute atomic E-state index is 12.1. The zero-order chi connectivity index (χ0) is 15.4. The Morgan fingerprint density at radius 1 is 1.45 bits per heavy atom. The minimum Gasteiger partial charge on any atom is -0.371 e. The van der Waals surface area contributed by atoms with Crippen molar-refractivity contribution in [3.8, 4) is 0 Å². The molecule has 2 atom stereocenters. The summed E-state index contributed by atoms with van der Waals surface area (Å²) in [6.07, 6.45) is 6.33. The molecule has 5 heteroatoms. The first-order chi connectivity index (χ1) is 10.7. The second-order valence-corrected chi connectivity index (χ2v) is 6.50. The first-order valence-electron chi connectivity index (χ1n) is 8.41. The highest BCUT2D eigenvalue weighted by molar-refractivity contribution is 5.82. The number of nitrogens with zero attached hydrogens (tertiary/aromatic N) is 2. The zero-order valence-electron chi connectivity index (χ0n) is 13.3. The second kappa shape index (κ2) is 7.09. The number of aryl methyl sites for hydroxylation is 1. The van der Waals surface area contributed by atoms with Crippen LogP contribution in [0.15, 0.2) is 18.3 Å². The van der Waals surface area contributed by atoms with E-state index < -0.39 is 0 Å². The van der Waals surface area contributed by atoms with Crippen molar-refractivity contribution in [1.82, 2.24) is 15.6 Å². The predicted molar refractivity (Wildman–Crippen MR) is 87.9 cm³/mol. The zero-order valence-corrected chi connectivity index (χ0v) is 13.3. The van der Waals surface area contributed by atoms with E-state index in [9.17, 15) is 4.79 Å². The molecular formula is C17H26N4O. The fourth-order valence-electron chi connectivity index (χ4n) is 3.47. The highest BCUT2D eigenvalue weighted by Crippen LogP contribution is 2.23. The molecular weight excluding hydrogens is 276 g/mol. The average molecular weight is 302 g/mol. The first-order valence-corrected chi connectivity index (χ1v) is 8.41. The molecule has 22 heavy (non-hydrogen) atoms. The first kappa shape index (κ1) is 15.3. The Kier molecular flexibility index (Phi) is 4.93. The van der Waals surface area contributed by atoms with E-state index in [1.54, 1.807) is 0 Å². The van der Waals surface area contributed by atoms with Crippen LogP contribution in [0.4, 0.5) is 5.69 Å². The molecule has 1 aromatic heterocycles. The van der Waals surface area contributed by atoms with Crippen molar-refractivity contribution >= 4 is 11.6 Å². The molecule has 2 N–H and O–H groups in total. The van der Waals surface area contributed by atoms with Crippen LogP contribution in [0.5, 0.6) is 0 Å². The van der Waals surface area contributed by atoms with Gasteiger partial charge in [0.05, 0.1) is 6.04 Å². The molecule has 0 saturated carbocycles. The lowest BCUT2D eigenvalue weighted by Crippen LogP contribution is -2.45. The molecule has 1 aromatic rings. The van der Waals surface area contributed by atoms with Crippen LogP contribution < -0.4 is 15.5 Å². The van der Waals surface area contributed by atoms with E-state index in [0.717, 1.165) is 44.7 Å². The van der Waals surface area contributed by atoms with Gasteiger partial charge in [-0.05, 0) is 57.2 Å². The van der Waals surface area contributed by atoms with Crippen LogP contribution in [-0.4, -0.2) is 43.1 Å². The van der Waals surface area contributed by atoms with Crippen LogP contribution in [0.3, 0.4) is 0 Å². The van der Waals surface area contributed by atoms with Crippen molar-refractivity contribution in [2.45, 2.75) is 38.6 Å². The van der Waals surface area contributed by atoms with Gasteiger partial charge in [-0.1, -0.05) is 0 Å². The Morgan fingerprint density at radius 3 is 3.14 bits per heavy atom. The molecule has 0 aliphatic carbocycles. The van der Waals surface area contributed by atoms with E-state index in [-0.39, 0.29) is 11.9 Å². The number of pyridine rings is 1. The third kappa shape index (κ3) is 3.77. The monoisotopic (exact) mass is 302 g/mol. The molecule has 2 fully saturated rings. The van der Waals surface area contributed by atoms with Gasteiger partial charge >= 0.3 is 0 Å². The van der Waals surface area contributed by atoms with E-state index in [2.05, 4.69) is 32.7 Å². The van der Waals surface area contributed by atoms with Crippen molar-refractivity contribution in [2.75, 3.05) is 31.1 Å². The lowest BCUT2D eigenvalue weighted by atomic mass is 9.97. The Balaban J connectivity index is 1.51. The maximum Gasteiger partial charge on any atom is 0.237 e. The third-order valence-corrected chi connectivity index (χ3v) is 4.71. The fourth-order valence-corrected chi connectivity index (χ4v) is 3.47. The molecule has 0 aromatic carbocycles. The molecule has 2 saturated heterocycles. The summed E-state index contributed by atoms with van der Waals surface area (Å²) in [7, 11) is 0. The quantitative estimate of drug-likeness (QED) is 0.884. The summed E-state index contributed by atoms with van der Waals surface area (Å²) in [4.78, 5) is 18.8. The highest BCUT2D eigenvalue weighted by Gasteiger charge is 2.24. The predicted octanol–water partition coefficient (Wildman–Crippen LogP) is 1.47. The molecule has 3 rings (SSSR count). The van der Waals surface area contributed by atoms with Gasteiger partial charge in [0.1, 0.15) is 0 Å². The van der Waals surface area contributed by atoms with Crippen molar-refractivity contribution in [1.29, 1.82) is 0 Å². The highest BCUT2D eigenvalue weighted by atomic mass is 16.2. The van der Waals surface area contributed by atoms with Gasteiger partial charge in [0.25, 0.3) is 0 Å². The van der Waals surface area contributed by atoms with Crippen molar-refractivity contribution in [3.63, 3.8) is 0 Å². The van der Waals surface area contributed by atoms with Crippen LogP contribution in [0.25, 0.3) is 0 Å². The fraction of sp³-hybridized carbons (Fsp3) is 0.647. The molecule has 3 heterocycles. The van der Waals surface area contributed by atoms with Gasteiger partial charge in [0.2, 0.25) is 5.91 Å². The summed E-state index contributed by atoms with van der Waals surface area (Å²) < 4.78 is 0. The number of hydrogen-bond acceptors (Lipinski definition) is 4.